The first kappa shape index (κ1) is 14.1. The molecule has 4 nitrogen and oxygen atoms in total. The molecule has 0 aromatic rings. The van der Waals surface area contributed by atoms with E-state index in [9.17, 15) is 4.79 Å². The smallest absolute Gasteiger partial charge is 0.221 e. The third kappa shape index (κ3) is 11.1. The van der Waals surface area contributed by atoms with Crippen molar-refractivity contribution in [3.63, 3.8) is 0 Å². The van der Waals surface area contributed by atoms with Crippen LogP contribution in [0.15, 0.2) is 12.2 Å². The van der Waals surface area contributed by atoms with Gasteiger partial charge in [-0.05, 0) is 13.8 Å². The fraction of sp³-hybridized carbons (Fsp3) is 0.727. The lowest BCUT2D eigenvalue weighted by atomic mass is 10.4. The van der Waals surface area contributed by atoms with Crippen LogP contribution in [0.2, 0.25) is 0 Å². The van der Waals surface area contributed by atoms with Crippen molar-refractivity contribution in [3.05, 3.63) is 12.2 Å². The molecule has 0 aromatic carbocycles. The fourth-order valence-corrected chi connectivity index (χ4v) is 1.00. The zero-order valence-electron chi connectivity index (χ0n) is 9.77. The second-order valence-corrected chi connectivity index (χ2v) is 3.46. The van der Waals surface area contributed by atoms with Crippen LogP contribution in [0.25, 0.3) is 0 Å². The summed E-state index contributed by atoms with van der Waals surface area (Å²) >= 11 is 0. The standard InChI is InChI=1S/C11H22N2O2/c1-4-13-11(14)5-6-12-7-8-15-9-10(2)3/h12H,2,4-9H2,1,3H3,(H,13,14). The molecule has 0 radical (unpaired) electrons. The highest BCUT2D eigenvalue weighted by Gasteiger charge is 1.97. The van der Waals surface area contributed by atoms with Crippen LogP contribution in [0.1, 0.15) is 20.3 Å². The molecule has 0 saturated heterocycles. The first-order chi connectivity index (χ1) is 7.16. The van der Waals surface area contributed by atoms with E-state index in [-0.39, 0.29) is 5.91 Å². The summed E-state index contributed by atoms with van der Waals surface area (Å²) in [6.45, 7) is 11.0. The van der Waals surface area contributed by atoms with E-state index < -0.39 is 0 Å². The van der Waals surface area contributed by atoms with Gasteiger partial charge in [-0.25, -0.2) is 0 Å². The number of ether oxygens (including phenoxy) is 1. The SMILES string of the molecule is C=C(C)COCCNCCC(=O)NCC. The number of hydrogen-bond donors (Lipinski definition) is 2. The summed E-state index contributed by atoms with van der Waals surface area (Å²) in [6, 6.07) is 0. The minimum atomic E-state index is 0.0906. The molecular weight excluding hydrogens is 192 g/mol. The molecular formula is C11H22N2O2. The highest BCUT2D eigenvalue weighted by molar-refractivity contribution is 5.75. The summed E-state index contributed by atoms with van der Waals surface area (Å²) in [7, 11) is 0. The second kappa shape index (κ2) is 9.68. The predicted octanol–water partition coefficient (Wildman–Crippen LogP) is 0.695. The van der Waals surface area contributed by atoms with Crippen LogP contribution in [-0.4, -0.2) is 38.8 Å². The highest BCUT2D eigenvalue weighted by Crippen LogP contribution is 1.86. The number of hydrogen-bond acceptors (Lipinski definition) is 3. The average Bonchev–Trinajstić information content (AvgIpc) is 2.16. The number of nitrogens with one attached hydrogen (secondary N) is 2. The lowest BCUT2D eigenvalue weighted by Crippen LogP contribution is -2.28. The van der Waals surface area contributed by atoms with Gasteiger partial charge in [0.15, 0.2) is 0 Å². The summed E-state index contributed by atoms with van der Waals surface area (Å²) in [5.41, 5.74) is 1.03. The summed E-state index contributed by atoms with van der Waals surface area (Å²) in [5.74, 6) is 0.0906. The van der Waals surface area contributed by atoms with Gasteiger partial charge >= 0.3 is 0 Å². The molecule has 4 heteroatoms. The molecule has 0 bridgehead atoms. The number of rotatable bonds is 9. The van der Waals surface area contributed by atoms with Crippen LogP contribution in [0.5, 0.6) is 0 Å². The molecule has 1 amide bonds. The van der Waals surface area contributed by atoms with Gasteiger partial charge in [-0.3, -0.25) is 4.79 Å². The van der Waals surface area contributed by atoms with Gasteiger partial charge in [0.25, 0.3) is 0 Å². The lowest BCUT2D eigenvalue weighted by Gasteiger charge is -2.06. The van der Waals surface area contributed by atoms with Crippen molar-refractivity contribution in [2.45, 2.75) is 20.3 Å². The number of carbonyl (C=O) groups excluding carboxylic acids is 1. The summed E-state index contributed by atoms with van der Waals surface area (Å²) in [4.78, 5) is 11.0. The van der Waals surface area contributed by atoms with Crippen molar-refractivity contribution in [3.8, 4) is 0 Å². The van der Waals surface area contributed by atoms with Gasteiger partial charge in [0.1, 0.15) is 0 Å². The molecule has 0 aliphatic heterocycles. The molecule has 0 aliphatic carbocycles. The van der Waals surface area contributed by atoms with Crippen molar-refractivity contribution >= 4 is 5.91 Å². The molecule has 88 valence electrons. The first-order valence-corrected chi connectivity index (χ1v) is 5.36. The molecule has 0 aromatic heterocycles. The molecule has 0 fully saturated rings. The van der Waals surface area contributed by atoms with Crippen molar-refractivity contribution in [1.29, 1.82) is 0 Å². The quantitative estimate of drug-likeness (QED) is 0.439. The Kier molecular flexibility index (Phi) is 9.11. The van der Waals surface area contributed by atoms with Crippen molar-refractivity contribution < 1.29 is 9.53 Å². The molecule has 0 aliphatic rings. The second-order valence-electron chi connectivity index (χ2n) is 3.46. The van der Waals surface area contributed by atoms with E-state index >= 15 is 0 Å². The Morgan fingerprint density at radius 2 is 2.13 bits per heavy atom. The summed E-state index contributed by atoms with van der Waals surface area (Å²) in [5, 5.41) is 5.87. The van der Waals surface area contributed by atoms with E-state index in [4.69, 9.17) is 4.74 Å². The summed E-state index contributed by atoms with van der Waals surface area (Å²) < 4.78 is 5.29. The molecule has 0 atom stereocenters. The third-order valence-electron chi connectivity index (χ3n) is 1.67. The minimum absolute atomic E-state index is 0.0906. The Labute approximate surface area is 92.1 Å². The molecule has 15 heavy (non-hydrogen) atoms. The van der Waals surface area contributed by atoms with Gasteiger partial charge < -0.3 is 15.4 Å². The summed E-state index contributed by atoms with van der Waals surface area (Å²) in [6.07, 6.45) is 0.522. The average molecular weight is 214 g/mol. The van der Waals surface area contributed by atoms with Crippen LogP contribution < -0.4 is 10.6 Å². The van der Waals surface area contributed by atoms with Crippen molar-refractivity contribution in [2.75, 3.05) is 32.8 Å². The largest absolute Gasteiger partial charge is 0.376 e. The molecule has 2 N–H and O–H groups in total. The van der Waals surface area contributed by atoms with Crippen LogP contribution in [0, 0.1) is 0 Å². The number of amides is 1. The Hall–Kier alpha value is -0.870. The lowest BCUT2D eigenvalue weighted by molar-refractivity contribution is -0.120. The van der Waals surface area contributed by atoms with Crippen LogP contribution in [0.3, 0.4) is 0 Å². The first-order valence-electron chi connectivity index (χ1n) is 5.36. The van der Waals surface area contributed by atoms with Gasteiger partial charge in [0.05, 0.1) is 13.2 Å². The zero-order valence-corrected chi connectivity index (χ0v) is 9.77. The Balaban J connectivity index is 3.11. The normalized spacial score (nSPS) is 10.0. The van der Waals surface area contributed by atoms with E-state index in [1.165, 1.54) is 0 Å². The van der Waals surface area contributed by atoms with Crippen LogP contribution in [-0.2, 0) is 9.53 Å². The van der Waals surface area contributed by atoms with E-state index in [0.29, 0.717) is 32.7 Å². The molecule has 0 saturated carbocycles. The maximum Gasteiger partial charge on any atom is 0.221 e. The monoisotopic (exact) mass is 214 g/mol. The topological polar surface area (TPSA) is 50.4 Å². The van der Waals surface area contributed by atoms with Crippen LogP contribution >= 0.6 is 0 Å². The zero-order chi connectivity index (χ0) is 11.5. The predicted molar refractivity (Wildman–Crippen MR) is 61.8 cm³/mol. The van der Waals surface area contributed by atoms with E-state index in [0.717, 1.165) is 12.1 Å². The Bertz CT molecular complexity index is 193. The molecule has 0 spiro atoms. The van der Waals surface area contributed by atoms with E-state index in [1.54, 1.807) is 0 Å². The van der Waals surface area contributed by atoms with Gasteiger partial charge in [0, 0.05) is 26.1 Å². The maximum atomic E-state index is 11.0. The van der Waals surface area contributed by atoms with E-state index in [1.807, 2.05) is 13.8 Å². The molecule has 0 rings (SSSR count). The third-order valence-corrected chi connectivity index (χ3v) is 1.67. The van der Waals surface area contributed by atoms with Crippen LogP contribution in [0.4, 0.5) is 0 Å². The maximum absolute atomic E-state index is 11.0. The highest BCUT2D eigenvalue weighted by atomic mass is 16.5. The molecule has 0 unspecified atom stereocenters. The Morgan fingerprint density at radius 1 is 1.40 bits per heavy atom. The minimum Gasteiger partial charge on any atom is -0.376 e. The fourth-order valence-electron chi connectivity index (χ4n) is 1.00. The van der Waals surface area contributed by atoms with E-state index in [2.05, 4.69) is 17.2 Å². The van der Waals surface area contributed by atoms with Gasteiger partial charge in [0.2, 0.25) is 5.91 Å². The van der Waals surface area contributed by atoms with Gasteiger partial charge in [-0.15, -0.1) is 0 Å². The molecule has 0 heterocycles. The Morgan fingerprint density at radius 3 is 2.73 bits per heavy atom. The van der Waals surface area contributed by atoms with Crippen molar-refractivity contribution in [1.82, 2.24) is 10.6 Å². The van der Waals surface area contributed by atoms with Gasteiger partial charge in [-0.1, -0.05) is 12.2 Å². The van der Waals surface area contributed by atoms with Crippen molar-refractivity contribution in [2.24, 2.45) is 0 Å². The number of carbonyl (C=O) groups is 1. The van der Waals surface area contributed by atoms with Gasteiger partial charge in [-0.2, -0.15) is 0 Å².